The quantitative estimate of drug-likeness (QED) is 0.392. The number of cyclic esters (lactones) is 1. The number of para-hydroxylation sites is 1. The largest absolute Gasteiger partial charge is 0.458 e. The second kappa shape index (κ2) is 17.6. The molecule has 1 aromatic carbocycles. The van der Waals surface area contributed by atoms with Crippen molar-refractivity contribution >= 4 is 34.5 Å². The van der Waals surface area contributed by atoms with E-state index in [4.69, 9.17) is 28.4 Å². The number of pyridine rings is 1. The van der Waals surface area contributed by atoms with E-state index in [1.54, 1.807) is 19.9 Å². The number of carbonyl (C=O) groups excluding carboxylic acids is 4. The maximum atomic E-state index is 14.6. The van der Waals surface area contributed by atoms with Crippen molar-refractivity contribution in [2.24, 2.45) is 29.6 Å². The fourth-order valence-electron chi connectivity index (χ4n) is 9.98. The highest BCUT2D eigenvalue weighted by Gasteiger charge is 2.57. The number of hydrogen-bond acceptors (Lipinski definition) is 13. The molecule has 58 heavy (non-hydrogen) atoms. The fourth-order valence-corrected chi connectivity index (χ4v) is 9.98. The molecule has 2 N–H and O–H groups in total. The topological polar surface area (TPSA) is 172 Å². The Morgan fingerprint density at radius 1 is 1.05 bits per heavy atom. The van der Waals surface area contributed by atoms with E-state index in [0.29, 0.717) is 18.4 Å². The Morgan fingerprint density at radius 2 is 1.78 bits per heavy atom. The minimum absolute atomic E-state index is 0.0121. The predicted octanol–water partition coefficient (Wildman–Crippen LogP) is 4.48. The Balaban J connectivity index is 1.42. The Morgan fingerprint density at radius 3 is 2.48 bits per heavy atom. The van der Waals surface area contributed by atoms with Crippen LogP contribution in [0.4, 0.5) is 0 Å². The van der Waals surface area contributed by atoms with Crippen LogP contribution in [0.2, 0.25) is 0 Å². The lowest BCUT2D eigenvalue weighted by atomic mass is 9.70. The van der Waals surface area contributed by atoms with Crippen molar-refractivity contribution in [1.29, 1.82) is 0 Å². The molecule has 14 heteroatoms. The molecule has 1 unspecified atom stereocenters. The molecule has 14 nitrogen and oxygen atoms in total. The van der Waals surface area contributed by atoms with Gasteiger partial charge in [0.2, 0.25) is 0 Å². The highest BCUT2D eigenvalue weighted by atomic mass is 16.7. The number of nitrogens with one attached hydrogen (secondary N) is 1. The number of hydrogen-bond donors (Lipinski definition) is 2. The molecule has 320 valence electrons. The van der Waals surface area contributed by atoms with Crippen molar-refractivity contribution in [3.05, 3.63) is 42.1 Å². The minimum Gasteiger partial charge on any atom is -0.458 e. The maximum absolute atomic E-state index is 14.6. The lowest BCUT2D eigenvalue weighted by molar-refractivity contribution is -0.302. The van der Waals surface area contributed by atoms with Gasteiger partial charge in [-0.3, -0.25) is 24.2 Å². The van der Waals surface area contributed by atoms with Gasteiger partial charge in [0, 0.05) is 41.3 Å². The summed E-state index contributed by atoms with van der Waals surface area (Å²) in [5, 5.41) is 15.6. The Bertz CT molecular complexity index is 1830. The standard InChI is InChI=1S/C44H63N3O11/c1-11-34-44(8)31(18-35(48)58-44)25(4)36(49)23(2)19-43(7)39(57-42-37(50)33(47(9)10)16-24(3)55-42)26(5)38(27(6)41(52)56-34)53-21-30(22-54-43)46-40(51)29-17-28-14-12-13-15-32(28)45-20-29/h12-15,17,20,23-27,30-31,33-34,37-39,42,50H,11,16,18-19,21-22H2,1-10H3,(H,46,51)/t23-,24-,25-,26-,27-,30?,31+,33+,34-,37-,38+,39-,42+,43-,44+/m1/s1. The Hall–Kier alpha value is -3.53. The van der Waals surface area contributed by atoms with E-state index in [9.17, 15) is 24.3 Å². The molecule has 4 fully saturated rings. The van der Waals surface area contributed by atoms with E-state index >= 15 is 0 Å². The van der Waals surface area contributed by atoms with Crippen molar-refractivity contribution in [3.8, 4) is 0 Å². The van der Waals surface area contributed by atoms with Gasteiger partial charge in [-0.2, -0.15) is 0 Å². The summed E-state index contributed by atoms with van der Waals surface area (Å²) < 4.78 is 39.1. The summed E-state index contributed by atoms with van der Waals surface area (Å²) in [5.74, 6) is -4.80. The first-order chi connectivity index (χ1) is 27.4. The van der Waals surface area contributed by atoms with E-state index in [2.05, 4.69) is 10.3 Å². The highest BCUT2D eigenvalue weighted by Crippen LogP contribution is 2.46. The van der Waals surface area contributed by atoms with Gasteiger partial charge >= 0.3 is 11.9 Å². The van der Waals surface area contributed by atoms with Crippen molar-refractivity contribution < 1.29 is 52.7 Å². The van der Waals surface area contributed by atoms with E-state index in [-0.39, 0.29) is 49.9 Å². The zero-order chi connectivity index (χ0) is 42.3. The molecule has 0 radical (unpaired) electrons. The van der Waals surface area contributed by atoms with Crippen LogP contribution < -0.4 is 5.32 Å². The van der Waals surface area contributed by atoms with Crippen LogP contribution in [0.5, 0.6) is 0 Å². The summed E-state index contributed by atoms with van der Waals surface area (Å²) in [6, 6.07) is 8.33. The van der Waals surface area contributed by atoms with E-state index in [1.165, 1.54) is 6.20 Å². The molecular weight excluding hydrogens is 746 g/mol. The van der Waals surface area contributed by atoms with Crippen molar-refractivity contribution in [3.63, 3.8) is 0 Å². The Kier molecular flexibility index (Phi) is 13.4. The number of amides is 1. The SMILES string of the molecule is CC[C@H]1OC(=O)[C@H](C)[C@H]2OCC(NC(=O)c3cnc4ccccc4c3)CO[C@](C)(C[C@@H](C)C(=O)[C@H](C)[C@@H]3CC(=O)O[C@]13C)[C@H](O[C@@H]1O[C@H](C)C[C@H](N(C)C)[C@H]1O)[C@@H]2C. The van der Waals surface area contributed by atoms with Crippen LogP contribution in [-0.2, 0) is 42.8 Å². The lowest BCUT2D eigenvalue weighted by Gasteiger charge is -2.48. The van der Waals surface area contributed by atoms with Crippen LogP contribution in [0.3, 0.4) is 0 Å². The molecule has 1 amide bonds. The van der Waals surface area contributed by atoms with Crippen LogP contribution >= 0.6 is 0 Å². The minimum atomic E-state index is -1.27. The molecule has 0 spiro atoms. The summed E-state index contributed by atoms with van der Waals surface area (Å²) in [4.78, 5) is 62.2. The number of fused-ring (bicyclic) bond motifs is 5. The first-order valence-corrected chi connectivity index (χ1v) is 20.9. The van der Waals surface area contributed by atoms with Gasteiger partial charge in [-0.25, -0.2) is 0 Å². The summed E-state index contributed by atoms with van der Waals surface area (Å²) >= 11 is 0. The van der Waals surface area contributed by atoms with E-state index < -0.39 is 89.5 Å². The van der Waals surface area contributed by atoms with E-state index in [0.717, 1.165) is 10.9 Å². The zero-order valence-corrected chi connectivity index (χ0v) is 35.6. The summed E-state index contributed by atoms with van der Waals surface area (Å²) in [5.41, 5.74) is -1.39. The number of likely N-dealkylation sites (N-methyl/N-ethyl adjacent to an activating group) is 1. The number of Topliss-reactive ketones (excluding diaryl/α,β-unsaturated/α-hetero) is 1. The second-order valence-electron chi connectivity index (χ2n) is 17.9. The molecule has 0 saturated carbocycles. The summed E-state index contributed by atoms with van der Waals surface area (Å²) in [6.07, 6.45) is -2.36. The molecule has 4 saturated heterocycles. The normalized spacial score (nSPS) is 40.5. The molecule has 0 aliphatic carbocycles. The number of carbonyl (C=O) groups is 4. The Labute approximate surface area is 342 Å². The summed E-state index contributed by atoms with van der Waals surface area (Å²) in [7, 11) is 3.79. The van der Waals surface area contributed by atoms with Crippen molar-refractivity contribution in [1.82, 2.24) is 15.2 Å². The van der Waals surface area contributed by atoms with Gasteiger partial charge in [-0.15, -0.1) is 0 Å². The molecule has 4 aliphatic rings. The van der Waals surface area contributed by atoms with Gasteiger partial charge in [-0.05, 0) is 73.2 Å². The first-order valence-electron chi connectivity index (χ1n) is 20.9. The van der Waals surface area contributed by atoms with Crippen LogP contribution in [0.1, 0.15) is 91.4 Å². The molecule has 4 aliphatic heterocycles. The highest BCUT2D eigenvalue weighted by molar-refractivity contribution is 5.97. The van der Waals surface area contributed by atoms with Gasteiger partial charge in [0.25, 0.3) is 5.91 Å². The van der Waals surface area contributed by atoms with Crippen LogP contribution in [0, 0.1) is 29.6 Å². The number of nitrogens with zero attached hydrogens (tertiary/aromatic N) is 2. The fraction of sp³-hybridized carbons (Fsp3) is 0.705. The number of rotatable bonds is 6. The molecule has 2 aromatic rings. The monoisotopic (exact) mass is 809 g/mol. The van der Waals surface area contributed by atoms with Gasteiger partial charge in [0.1, 0.15) is 23.6 Å². The zero-order valence-electron chi connectivity index (χ0n) is 35.6. The van der Waals surface area contributed by atoms with Gasteiger partial charge in [-0.1, -0.05) is 45.9 Å². The number of aliphatic hydroxyl groups is 1. The van der Waals surface area contributed by atoms with Crippen LogP contribution in [-0.4, -0.2) is 126 Å². The van der Waals surface area contributed by atoms with Gasteiger partial charge in [0.15, 0.2) is 6.29 Å². The molecule has 2 bridgehead atoms. The average Bonchev–Trinajstić information content (AvgIpc) is 3.52. The molecule has 6 rings (SSSR count). The number of benzene rings is 1. The maximum Gasteiger partial charge on any atom is 0.311 e. The molecule has 1 aromatic heterocycles. The van der Waals surface area contributed by atoms with Gasteiger partial charge < -0.3 is 43.7 Å². The number of aromatic nitrogens is 1. The second-order valence-corrected chi connectivity index (χ2v) is 17.9. The average molecular weight is 810 g/mol. The third kappa shape index (κ3) is 8.83. The van der Waals surface area contributed by atoms with E-state index in [1.807, 2.05) is 84.8 Å². The van der Waals surface area contributed by atoms with Crippen LogP contribution in [0.15, 0.2) is 36.5 Å². The first kappa shape index (κ1) is 44.0. The molecule has 15 atom stereocenters. The number of ether oxygens (including phenoxy) is 6. The molecule has 5 heterocycles. The van der Waals surface area contributed by atoms with Crippen LogP contribution in [0.25, 0.3) is 10.9 Å². The van der Waals surface area contributed by atoms with Gasteiger partial charge in [0.05, 0.1) is 66.6 Å². The molecular formula is C44H63N3O11. The number of aliphatic hydroxyl groups excluding tert-OH is 1. The number of esters is 2. The third-order valence-electron chi connectivity index (χ3n) is 13.3. The smallest absolute Gasteiger partial charge is 0.311 e. The predicted molar refractivity (Wildman–Crippen MR) is 213 cm³/mol. The third-order valence-corrected chi connectivity index (χ3v) is 13.3. The summed E-state index contributed by atoms with van der Waals surface area (Å²) in [6.45, 7) is 14.6. The van der Waals surface area contributed by atoms with Crippen molar-refractivity contribution in [2.75, 3.05) is 27.3 Å². The number of ketones is 1. The lowest BCUT2D eigenvalue weighted by Crippen LogP contribution is -2.60. The van der Waals surface area contributed by atoms with Crippen molar-refractivity contribution in [2.45, 2.75) is 141 Å².